The smallest absolute Gasteiger partial charge is 0.0514 e. The minimum atomic E-state index is -0.384. The second-order valence-electron chi connectivity index (χ2n) is 15.7. The van der Waals surface area contributed by atoms with E-state index in [1.165, 1.54) is 154 Å². The van der Waals surface area contributed by atoms with Crippen molar-refractivity contribution in [3.8, 4) is 0 Å². The van der Waals surface area contributed by atoms with E-state index in [1.807, 2.05) is 0 Å². The zero-order valence-electron chi connectivity index (χ0n) is 28.7. The van der Waals surface area contributed by atoms with Crippen molar-refractivity contribution in [3.05, 3.63) is 0 Å². The Morgan fingerprint density at radius 2 is 0.550 bits per heavy atom. The van der Waals surface area contributed by atoms with Gasteiger partial charge in [-0.15, -0.1) is 0 Å². The molecular formula is C38H76O2. The maximum Gasteiger partial charge on any atom is 0.0514 e. The molecule has 2 heteroatoms. The molecule has 0 radical (unpaired) electrons. The SMILES string of the molecule is C1CCCCCCCCC1.C1CCCCCCCCC1.CC1(C)CCCCCCC(CO)(CO)C(C)(C)C1(C)C. The van der Waals surface area contributed by atoms with Crippen LogP contribution in [-0.2, 0) is 0 Å². The zero-order valence-corrected chi connectivity index (χ0v) is 28.7. The molecule has 3 fully saturated rings. The molecule has 0 aromatic heterocycles. The predicted molar refractivity (Wildman–Crippen MR) is 178 cm³/mol. The van der Waals surface area contributed by atoms with E-state index < -0.39 is 0 Å². The van der Waals surface area contributed by atoms with Gasteiger partial charge in [-0.3, -0.25) is 0 Å². The van der Waals surface area contributed by atoms with Gasteiger partial charge >= 0.3 is 0 Å². The van der Waals surface area contributed by atoms with Crippen molar-refractivity contribution in [1.82, 2.24) is 0 Å². The molecule has 0 spiro atoms. The highest BCUT2D eigenvalue weighted by Crippen LogP contribution is 2.62. The van der Waals surface area contributed by atoms with Crippen LogP contribution in [-0.4, -0.2) is 23.4 Å². The van der Waals surface area contributed by atoms with E-state index in [-0.39, 0.29) is 34.9 Å². The van der Waals surface area contributed by atoms with Crippen molar-refractivity contribution in [3.63, 3.8) is 0 Å². The predicted octanol–water partition coefficient (Wildman–Crippen LogP) is 12.2. The van der Waals surface area contributed by atoms with Gasteiger partial charge in [-0.2, -0.15) is 0 Å². The number of rotatable bonds is 2. The van der Waals surface area contributed by atoms with Crippen LogP contribution in [0.5, 0.6) is 0 Å². The summed E-state index contributed by atoms with van der Waals surface area (Å²) in [5.41, 5.74) is -0.262. The number of aliphatic hydroxyl groups is 2. The summed E-state index contributed by atoms with van der Waals surface area (Å²) in [4.78, 5) is 0. The average molecular weight is 565 g/mol. The third kappa shape index (κ3) is 12.7. The topological polar surface area (TPSA) is 40.5 Å². The van der Waals surface area contributed by atoms with Crippen molar-refractivity contribution >= 4 is 0 Å². The van der Waals surface area contributed by atoms with Gasteiger partial charge in [0.15, 0.2) is 0 Å². The first kappa shape index (κ1) is 37.9. The molecule has 0 unspecified atom stereocenters. The van der Waals surface area contributed by atoms with E-state index in [0.717, 1.165) is 12.8 Å². The fraction of sp³-hybridized carbons (Fsp3) is 1.00. The molecular weight excluding hydrogens is 488 g/mol. The van der Waals surface area contributed by atoms with E-state index in [9.17, 15) is 10.2 Å². The molecule has 240 valence electrons. The number of aliphatic hydroxyl groups excluding tert-OH is 2. The fourth-order valence-corrected chi connectivity index (χ4v) is 7.66. The van der Waals surface area contributed by atoms with Gasteiger partial charge in [0.2, 0.25) is 0 Å². The molecule has 2 nitrogen and oxygen atoms in total. The van der Waals surface area contributed by atoms with Crippen LogP contribution in [0.3, 0.4) is 0 Å². The van der Waals surface area contributed by atoms with Crippen LogP contribution in [0.2, 0.25) is 0 Å². The van der Waals surface area contributed by atoms with E-state index in [4.69, 9.17) is 0 Å². The minimum Gasteiger partial charge on any atom is -0.396 e. The van der Waals surface area contributed by atoms with Crippen LogP contribution in [0.4, 0.5) is 0 Å². The van der Waals surface area contributed by atoms with E-state index in [0.29, 0.717) is 0 Å². The molecule has 3 rings (SSSR count). The molecule has 3 saturated carbocycles. The minimum absolute atomic E-state index is 0.0444. The highest BCUT2D eigenvalue weighted by molar-refractivity contribution is 5.05. The average Bonchev–Trinajstić information content (AvgIpc) is 2.95. The zero-order chi connectivity index (χ0) is 29.8. The first-order chi connectivity index (χ1) is 19.1. The largest absolute Gasteiger partial charge is 0.396 e. The summed E-state index contributed by atoms with van der Waals surface area (Å²) in [6.07, 6.45) is 37.0. The Morgan fingerprint density at radius 1 is 0.325 bits per heavy atom. The summed E-state index contributed by atoms with van der Waals surface area (Å²) in [5, 5.41) is 20.2. The normalized spacial score (nSPS) is 26.4. The standard InChI is InChI=1S/C18H36O2.2C10H20/c1-15(2)11-9-7-8-10-12-18(13-19,14-20)17(5,6)16(15,3)4;2*1-2-4-6-8-10-9-7-5-3-1/h19-20H,7-14H2,1-6H3;2*1-10H2. The van der Waals surface area contributed by atoms with Gasteiger partial charge in [0.25, 0.3) is 0 Å². The maximum absolute atomic E-state index is 10.1. The van der Waals surface area contributed by atoms with Crippen LogP contribution in [0.1, 0.15) is 208 Å². The van der Waals surface area contributed by atoms with Gasteiger partial charge in [-0.05, 0) is 29.1 Å². The van der Waals surface area contributed by atoms with Crippen LogP contribution in [0.25, 0.3) is 0 Å². The summed E-state index contributed by atoms with van der Waals surface area (Å²) in [6.45, 7) is 14.0. The molecule has 0 heterocycles. The van der Waals surface area contributed by atoms with Crippen molar-refractivity contribution < 1.29 is 10.2 Å². The van der Waals surface area contributed by atoms with Gasteiger partial charge in [-0.25, -0.2) is 0 Å². The van der Waals surface area contributed by atoms with E-state index in [2.05, 4.69) is 41.5 Å². The fourth-order valence-electron chi connectivity index (χ4n) is 7.66. The maximum atomic E-state index is 10.1. The van der Waals surface area contributed by atoms with Crippen molar-refractivity contribution in [1.29, 1.82) is 0 Å². The lowest BCUT2D eigenvalue weighted by Gasteiger charge is -2.60. The van der Waals surface area contributed by atoms with Gasteiger partial charge in [0, 0.05) is 5.41 Å². The quantitative estimate of drug-likeness (QED) is 0.350. The number of hydrogen-bond acceptors (Lipinski definition) is 2. The Kier molecular flexibility index (Phi) is 19.7. The molecule has 0 aromatic carbocycles. The van der Waals surface area contributed by atoms with Crippen LogP contribution < -0.4 is 0 Å². The third-order valence-corrected chi connectivity index (χ3v) is 12.4. The Labute approximate surface area is 253 Å². The lowest BCUT2D eigenvalue weighted by atomic mass is 9.45. The third-order valence-electron chi connectivity index (χ3n) is 12.4. The summed E-state index contributed by atoms with van der Waals surface area (Å²) in [5.74, 6) is 0. The summed E-state index contributed by atoms with van der Waals surface area (Å²) in [7, 11) is 0. The summed E-state index contributed by atoms with van der Waals surface area (Å²) < 4.78 is 0. The molecule has 0 aliphatic heterocycles. The molecule has 0 aromatic rings. The Morgan fingerprint density at radius 3 is 0.800 bits per heavy atom. The van der Waals surface area contributed by atoms with Crippen molar-refractivity contribution in [2.75, 3.05) is 13.2 Å². The summed E-state index contributed by atoms with van der Waals surface area (Å²) in [6, 6.07) is 0. The molecule has 0 bridgehead atoms. The van der Waals surface area contributed by atoms with Crippen LogP contribution in [0.15, 0.2) is 0 Å². The molecule has 40 heavy (non-hydrogen) atoms. The molecule has 0 atom stereocenters. The highest BCUT2D eigenvalue weighted by atomic mass is 16.3. The molecule has 0 saturated heterocycles. The molecule has 0 amide bonds. The molecule has 3 aliphatic rings. The van der Waals surface area contributed by atoms with Crippen molar-refractivity contribution in [2.45, 2.75) is 208 Å². The van der Waals surface area contributed by atoms with Crippen LogP contribution >= 0.6 is 0 Å². The second kappa shape index (κ2) is 20.8. The van der Waals surface area contributed by atoms with E-state index >= 15 is 0 Å². The first-order valence-electron chi connectivity index (χ1n) is 18.3. The highest BCUT2D eigenvalue weighted by Gasteiger charge is 2.57. The van der Waals surface area contributed by atoms with Gasteiger partial charge < -0.3 is 10.2 Å². The lowest BCUT2D eigenvalue weighted by Crippen LogP contribution is -2.57. The van der Waals surface area contributed by atoms with Crippen LogP contribution in [0, 0.1) is 21.7 Å². The Balaban J connectivity index is 0.000000333. The Bertz CT molecular complexity index is 496. The van der Waals surface area contributed by atoms with E-state index in [1.54, 1.807) is 0 Å². The van der Waals surface area contributed by atoms with Gasteiger partial charge in [-0.1, -0.05) is 196 Å². The number of hydrogen-bond donors (Lipinski definition) is 2. The van der Waals surface area contributed by atoms with Gasteiger partial charge in [0.1, 0.15) is 0 Å². The molecule has 3 aliphatic carbocycles. The summed E-state index contributed by atoms with van der Waals surface area (Å²) >= 11 is 0. The molecule has 2 N–H and O–H groups in total. The first-order valence-corrected chi connectivity index (χ1v) is 18.3. The van der Waals surface area contributed by atoms with Gasteiger partial charge in [0.05, 0.1) is 13.2 Å². The lowest BCUT2D eigenvalue weighted by molar-refractivity contribution is -0.154. The van der Waals surface area contributed by atoms with Crippen molar-refractivity contribution in [2.24, 2.45) is 21.7 Å². The monoisotopic (exact) mass is 565 g/mol. The second-order valence-corrected chi connectivity index (χ2v) is 15.7. The Hall–Kier alpha value is -0.0800.